The molecule has 0 spiro atoms. The maximum absolute atomic E-state index is 11.9. The molecule has 1 aromatic heterocycles. The minimum atomic E-state index is -2.53. The highest BCUT2D eigenvalue weighted by molar-refractivity contribution is 6.31. The summed E-state index contributed by atoms with van der Waals surface area (Å²) in [4.78, 5) is 3.88. The van der Waals surface area contributed by atoms with Crippen LogP contribution in [-0.2, 0) is 6.54 Å². The SMILES string of the molecule is CCNCc1cnc(OCC(F)F)c(Cl)c1. The molecule has 1 rings (SSSR count). The van der Waals surface area contributed by atoms with E-state index >= 15 is 0 Å². The number of hydrogen-bond donors (Lipinski definition) is 1. The lowest BCUT2D eigenvalue weighted by molar-refractivity contribution is 0.0796. The Morgan fingerprint density at radius 3 is 2.88 bits per heavy atom. The molecule has 0 saturated heterocycles. The van der Waals surface area contributed by atoms with Gasteiger partial charge in [-0.15, -0.1) is 0 Å². The van der Waals surface area contributed by atoms with Gasteiger partial charge in [0.1, 0.15) is 5.02 Å². The predicted molar refractivity (Wildman–Crippen MR) is 58.1 cm³/mol. The number of nitrogens with zero attached hydrogens (tertiary/aromatic N) is 1. The average molecular weight is 251 g/mol. The van der Waals surface area contributed by atoms with Crippen LogP contribution in [0.3, 0.4) is 0 Å². The van der Waals surface area contributed by atoms with Gasteiger partial charge in [-0.3, -0.25) is 0 Å². The Hall–Kier alpha value is -0.940. The quantitative estimate of drug-likeness (QED) is 0.842. The van der Waals surface area contributed by atoms with Crippen molar-refractivity contribution >= 4 is 11.6 Å². The van der Waals surface area contributed by atoms with E-state index in [0.29, 0.717) is 6.54 Å². The Morgan fingerprint density at radius 1 is 1.56 bits per heavy atom. The van der Waals surface area contributed by atoms with Crippen molar-refractivity contribution in [2.75, 3.05) is 13.2 Å². The number of hydrogen-bond acceptors (Lipinski definition) is 3. The molecule has 0 bridgehead atoms. The summed E-state index contributed by atoms with van der Waals surface area (Å²) in [5, 5.41) is 3.35. The molecule has 3 nitrogen and oxygen atoms in total. The first kappa shape index (κ1) is 13.1. The van der Waals surface area contributed by atoms with E-state index < -0.39 is 13.0 Å². The van der Waals surface area contributed by atoms with Gasteiger partial charge in [0.2, 0.25) is 5.88 Å². The molecule has 0 unspecified atom stereocenters. The highest BCUT2D eigenvalue weighted by atomic mass is 35.5. The summed E-state index contributed by atoms with van der Waals surface area (Å²) >= 11 is 5.83. The van der Waals surface area contributed by atoms with Gasteiger partial charge in [0.15, 0.2) is 6.61 Å². The molecular weight excluding hydrogens is 238 g/mol. The summed E-state index contributed by atoms with van der Waals surface area (Å²) in [6.07, 6.45) is -0.977. The van der Waals surface area contributed by atoms with Crippen LogP contribution in [-0.4, -0.2) is 24.6 Å². The van der Waals surface area contributed by atoms with E-state index in [9.17, 15) is 8.78 Å². The molecule has 90 valence electrons. The molecule has 0 saturated carbocycles. The molecule has 6 heteroatoms. The summed E-state index contributed by atoms with van der Waals surface area (Å²) < 4.78 is 28.5. The van der Waals surface area contributed by atoms with E-state index in [0.717, 1.165) is 12.1 Å². The fourth-order valence-corrected chi connectivity index (χ4v) is 1.32. The number of rotatable bonds is 6. The first-order chi connectivity index (χ1) is 7.63. The van der Waals surface area contributed by atoms with Crippen LogP contribution in [0.1, 0.15) is 12.5 Å². The van der Waals surface area contributed by atoms with Crippen LogP contribution < -0.4 is 10.1 Å². The molecule has 0 atom stereocenters. The number of halogens is 3. The van der Waals surface area contributed by atoms with Crippen LogP contribution in [0.25, 0.3) is 0 Å². The Kier molecular flexibility index (Phi) is 5.42. The van der Waals surface area contributed by atoms with Crippen molar-refractivity contribution in [1.29, 1.82) is 0 Å². The average Bonchev–Trinajstić information content (AvgIpc) is 2.24. The summed E-state index contributed by atoms with van der Waals surface area (Å²) in [6.45, 7) is 2.76. The second-order valence-corrected chi connectivity index (χ2v) is 3.52. The fourth-order valence-electron chi connectivity index (χ4n) is 1.08. The van der Waals surface area contributed by atoms with Gasteiger partial charge in [-0.1, -0.05) is 18.5 Å². The largest absolute Gasteiger partial charge is 0.471 e. The molecule has 0 aromatic carbocycles. The van der Waals surface area contributed by atoms with Crippen LogP contribution in [0.4, 0.5) is 8.78 Å². The van der Waals surface area contributed by atoms with Crippen LogP contribution >= 0.6 is 11.6 Å². The van der Waals surface area contributed by atoms with Crippen LogP contribution in [0, 0.1) is 0 Å². The van der Waals surface area contributed by atoms with Gasteiger partial charge in [-0.25, -0.2) is 13.8 Å². The molecular formula is C10H13ClF2N2O. The van der Waals surface area contributed by atoms with E-state index in [1.807, 2.05) is 6.92 Å². The third-order valence-electron chi connectivity index (χ3n) is 1.79. The van der Waals surface area contributed by atoms with E-state index in [2.05, 4.69) is 10.3 Å². The van der Waals surface area contributed by atoms with Gasteiger partial charge in [0, 0.05) is 12.7 Å². The van der Waals surface area contributed by atoms with Gasteiger partial charge in [-0.2, -0.15) is 0 Å². The molecule has 1 N–H and O–H groups in total. The monoisotopic (exact) mass is 250 g/mol. The van der Waals surface area contributed by atoms with Gasteiger partial charge < -0.3 is 10.1 Å². The molecule has 1 heterocycles. The Labute approximate surface area is 97.8 Å². The van der Waals surface area contributed by atoms with E-state index in [1.165, 1.54) is 0 Å². The fraction of sp³-hybridized carbons (Fsp3) is 0.500. The van der Waals surface area contributed by atoms with Crippen molar-refractivity contribution < 1.29 is 13.5 Å². The normalized spacial score (nSPS) is 10.8. The van der Waals surface area contributed by atoms with Crippen molar-refractivity contribution in [3.05, 3.63) is 22.8 Å². The molecule has 0 radical (unpaired) electrons. The minimum Gasteiger partial charge on any atom is -0.471 e. The predicted octanol–water partition coefficient (Wildman–Crippen LogP) is 2.49. The van der Waals surface area contributed by atoms with Crippen LogP contribution in [0.5, 0.6) is 5.88 Å². The number of aromatic nitrogens is 1. The van der Waals surface area contributed by atoms with Crippen LogP contribution in [0.2, 0.25) is 5.02 Å². The van der Waals surface area contributed by atoms with Crippen molar-refractivity contribution in [3.63, 3.8) is 0 Å². The first-order valence-corrected chi connectivity index (χ1v) is 5.27. The number of nitrogens with one attached hydrogen (secondary N) is 1. The second-order valence-electron chi connectivity index (χ2n) is 3.11. The second kappa shape index (κ2) is 6.60. The summed E-state index contributed by atoms with van der Waals surface area (Å²) in [5.74, 6) is 0.0437. The molecule has 0 fully saturated rings. The summed E-state index contributed by atoms with van der Waals surface area (Å²) in [7, 11) is 0. The first-order valence-electron chi connectivity index (χ1n) is 4.89. The lowest BCUT2D eigenvalue weighted by Gasteiger charge is -2.08. The Morgan fingerprint density at radius 2 is 2.31 bits per heavy atom. The van der Waals surface area contributed by atoms with Gasteiger partial charge in [0.25, 0.3) is 6.43 Å². The van der Waals surface area contributed by atoms with Crippen molar-refractivity contribution in [3.8, 4) is 5.88 Å². The zero-order valence-electron chi connectivity index (χ0n) is 8.84. The topological polar surface area (TPSA) is 34.2 Å². The maximum atomic E-state index is 11.9. The number of ether oxygens (including phenoxy) is 1. The summed E-state index contributed by atoms with van der Waals surface area (Å²) in [6, 6.07) is 1.65. The molecule has 0 aliphatic carbocycles. The van der Waals surface area contributed by atoms with E-state index in [4.69, 9.17) is 16.3 Å². The highest BCUT2D eigenvalue weighted by Gasteiger charge is 2.08. The molecule has 16 heavy (non-hydrogen) atoms. The highest BCUT2D eigenvalue weighted by Crippen LogP contribution is 2.22. The lowest BCUT2D eigenvalue weighted by Crippen LogP contribution is -2.12. The number of pyridine rings is 1. The van der Waals surface area contributed by atoms with Crippen molar-refractivity contribution in [2.45, 2.75) is 19.9 Å². The third kappa shape index (κ3) is 4.28. The minimum absolute atomic E-state index is 0.0437. The zero-order valence-corrected chi connectivity index (χ0v) is 9.60. The standard InChI is InChI=1S/C10H13ClF2N2O/c1-2-14-4-7-3-8(11)10(15-5-7)16-6-9(12)13/h3,5,9,14H,2,4,6H2,1H3. The van der Waals surface area contributed by atoms with E-state index in [1.54, 1.807) is 12.3 Å². The lowest BCUT2D eigenvalue weighted by atomic mass is 10.3. The third-order valence-corrected chi connectivity index (χ3v) is 2.06. The van der Waals surface area contributed by atoms with Gasteiger partial charge in [-0.05, 0) is 18.2 Å². The maximum Gasteiger partial charge on any atom is 0.272 e. The summed E-state index contributed by atoms with van der Waals surface area (Å²) in [5.41, 5.74) is 0.885. The van der Waals surface area contributed by atoms with Crippen LogP contribution in [0.15, 0.2) is 12.3 Å². The van der Waals surface area contributed by atoms with Crippen molar-refractivity contribution in [1.82, 2.24) is 10.3 Å². The van der Waals surface area contributed by atoms with Gasteiger partial charge >= 0.3 is 0 Å². The smallest absolute Gasteiger partial charge is 0.272 e. The Balaban J connectivity index is 2.60. The Bertz CT molecular complexity index is 337. The zero-order chi connectivity index (χ0) is 12.0. The molecule has 1 aromatic rings. The van der Waals surface area contributed by atoms with E-state index in [-0.39, 0.29) is 10.9 Å². The van der Waals surface area contributed by atoms with Crippen molar-refractivity contribution in [2.24, 2.45) is 0 Å². The number of alkyl halides is 2. The molecule has 0 amide bonds. The molecule has 0 aliphatic heterocycles. The molecule has 0 aliphatic rings. The van der Waals surface area contributed by atoms with Gasteiger partial charge in [0.05, 0.1) is 0 Å².